The molecular formula is C12H25N3O3. The topological polar surface area (TPSA) is 81.7 Å². The molecule has 18 heavy (non-hydrogen) atoms. The van der Waals surface area contributed by atoms with Crippen LogP contribution in [0.25, 0.3) is 0 Å². The van der Waals surface area contributed by atoms with Gasteiger partial charge < -0.3 is 20.6 Å². The van der Waals surface area contributed by atoms with Crippen LogP contribution in [-0.4, -0.2) is 55.7 Å². The predicted molar refractivity (Wildman–Crippen MR) is 70.5 cm³/mol. The molecule has 0 aromatic rings. The Morgan fingerprint density at radius 2 is 1.83 bits per heavy atom. The molecule has 1 unspecified atom stereocenters. The highest BCUT2D eigenvalue weighted by Gasteiger charge is 2.20. The van der Waals surface area contributed by atoms with Crippen molar-refractivity contribution in [3.63, 3.8) is 0 Å². The summed E-state index contributed by atoms with van der Waals surface area (Å²) in [6.07, 6.45) is 0. The first-order valence-electron chi connectivity index (χ1n) is 6.03. The van der Waals surface area contributed by atoms with E-state index in [9.17, 15) is 9.59 Å². The van der Waals surface area contributed by atoms with Gasteiger partial charge >= 0.3 is 12.0 Å². The summed E-state index contributed by atoms with van der Waals surface area (Å²) in [5.74, 6) is -1.49. The lowest BCUT2D eigenvalue weighted by atomic mass is 9.93. The van der Waals surface area contributed by atoms with Crippen molar-refractivity contribution in [2.24, 2.45) is 11.3 Å². The number of rotatable bonds is 7. The van der Waals surface area contributed by atoms with E-state index in [-0.39, 0.29) is 18.0 Å². The Kier molecular flexibility index (Phi) is 6.68. The third-order valence-corrected chi connectivity index (χ3v) is 2.46. The van der Waals surface area contributed by atoms with Gasteiger partial charge in [0.1, 0.15) is 0 Å². The van der Waals surface area contributed by atoms with Crippen molar-refractivity contribution in [1.29, 1.82) is 0 Å². The average Bonchev–Trinajstić information content (AvgIpc) is 2.21. The third-order valence-electron chi connectivity index (χ3n) is 2.46. The lowest BCUT2D eigenvalue weighted by Gasteiger charge is -2.28. The molecule has 0 saturated heterocycles. The fourth-order valence-corrected chi connectivity index (χ4v) is 1.63. The number of urea groups is 1. The van der Waals surface area contributed by atoms with Gasteiger partial charge in [0.25, 0.3) is 0 Å². The second kappa shape index (κ2) is 7.20. The van der Waals surface area contributed by atoms with Gasteiger partial charge in [-0.1, -0.05) is 20.8 Å². The van der Waals surface area contributed by atoms with Crippen molar-refractivity contribution in [3.8, 4) is 0 Å². The van der Waals surface area contributed by atoms with Crippen LogP contribution in [0.1, 0.15) is 20.8 Å². The van der Waals surface area contributed by atoms with E-state index in [1.54, 1.807) is 6.92 Å². The summed E-state index contributed by atoms with van der Waals surface area (Å²) < 4.78 is 0. The fraction of sp³-hybridized carbons (Fsp3) is 0.833. The Hall–Kier alpha value is -1.30. The van der Waals surface area contributed by atoms with Crippen molar-refractivity contribution in [2.45, 2.75) is 20.8 Å². The van der Waals surface area contributed by atoms with Gasteiger partial charge in [-0.15, -0.1) is 0 Å². The summed E-state index contributed by atoms with van der Waals surface area (Å²) in [6.45, 7) is 7.21. The molecule has 0 rings (SSSR count). The number of hydrogen-bond acceptors (Lipinski definition) is 3. The molecule has 1 atom stereocenters. The number of carbonyl (C=O) groups is 2. The molecule has 0 aliphatic heterocycles. The van der Waals surface area contributed by atoms with Crippen molar-refractivity contribution in [1.82, 2.24) is 15.5 Å². The highest BCUT2D eigenvalue weighted by molar-refractivity contribution is 5.75. The molecule has 0 aliphatic rings. The lowest BCUT2D eigenvalue weighted by molar-refractivity contribution is -0.140. The molecule has 0 aromatic carbocycles. The SMILES string of the molecule is CC(CNC(=O)NCC(C)(C)CN(C)C)C(=O)O. The van der Waals surface area contributed by atoms with E-state index < -0.39 is 11.9 Å². The zero-order chi connectivity index (χ0) is 14.3. The summed E-state index contributed by atoms with van der Waals surface area (Å²) in [7, 11) is 3.97. The molecule has 6 nitrogen and oxygen atoms in total. The zero-order valence-electron chi connectivity index (χ0n) is 11.9. The molecule has 6 heteroatoms. The largest absolute Gasteiger partial charge is 0.481 e. The second-order valence-corrected chi connectivity index (χ2v) is 5.70. The summed E-state index contributed by atoms with van der Waals surface area (Å²) in [6, 6.07) is -0.324. The molecule has 3 N–H and O–H groups in total. The molecule has 0 saturated carbocycles. The van der Waals surface area contributed by atoms with Gasteiger partial charge in [0.15, 0.2) is 0 Å². The number of carboxylic acid groups (broad SMARTS) is 1. The van der Waals surface area contributed by atoms with Gasteiger partial charge in [0, 0.05) is 19.6 Å². The van der Waals surface area contributed by atoms with Gasteiger partial charge in [0.05, 0.1) is 5.92 Å². The average molecular weight is 259 g/mol. The van der Waals surface area contributed by atoms with Crippen molar-refractivity contribution in [3.05, 3.63) is 0 Å². The standard InChI is InChI=1S/C12H25N3O3/c1-9(10(16)17)6-13-11(18)14-7-12(2,3)8-15(4)5/h9H,6-8H2,1-5H3,(H,16,17)(H2,13,14,18). The molecule has 106 valence electrons. The van der Waals surface area contributed by atoms with E-state index >= 15 is 0 Å². The van der Waals surface area contributed by atoms with E-state index in [0.29, 0.717) is 6.54 Å². The zero-order valence-corrected chi connectivity index (χ0v) is 11.9. The van der Waals surface area contributed by atoms with Gasteiger partial charge in [0.2, 0.25) is 0 Å². The van der Waals surface area contributed by atoms with E-state index in [0.717, 1.165) is 6.54 Å². The lowest BCUT2D eigenvalue weighted by Crippen LogP contribution is -2.45. The Labute approximate surface area is 109 Å². The Bertz CT molecular complexity index is 290. The first-order chi connectivity index (χ1) is 8.14. The van der Waals surface area contributed by atoms with E-state index in [1.165, 1.54) is 0 Å². The van der Waals surface area contributed by atoms with Crippen molar-refractivity contribution in [2.75, 3.05) is 33.7 Å². The van der Waals surface area contributed by atoms with Crippen LogP contribution in [0.5, 0.6) is 0 Å². The summed E-state index contributed by atoms with van der Waals surface area (Å²) >= 11 is 0. The molecule has 2 amide bonds. The maximum Gasteiger partial charge on any atom is 0.314 e. The number of aliphatic carboxylic acids is 1. The minimum absolute atomic E-state index is 0.0285. The van der Waals surface area contributed by atoms with Crippen LogP contribution >= 0.6 is 0 Å². The summed E-state index contributed by atoms with van der Waals surface area (Å²) in [4.78, 5) is 24.1. The molecule has 0 aliphatic carbocycles. The van der Waals surface area contributed by atoms with Crippen LogP contribution in [0.3, 0.4) is 0 Å². The number of carbonyl (C=O) groups excluding carboxylic acids is 1. The van der Waals surface area contributed by atoms with E-state index in [1.807, 2.05) is 14.1 Å². The van der Waals surface area contributed by atoms with E-state index in [4.69, 9.17) is 5.11 Å². The van der Waals surface area contributed by atoms with Crippen LogP contribution < -0.4 is 10.6 Å². The van der Waals surface area contributed by atoms with Gasteiger partial charge in [-0.3, -0.25) is 4.79 Å². The first kappa shape index (κ1) is 16.7. The van der Waals surface area contributed by atoms with Crippen LogP contribution in [0, 0.1) is 11.3 Å². The maximum atomic E-state index is 11.5. The van der Waals surface area contributed by atoms with Crippen LogP contribution in [0.2, 0.25) is 0 Å². The Balaban J connectivity index is 3.93. The van der Waals surface area contributed by atoms with Crippen molar-refractivity contribution >= 4 is 12.0 Å². The van der Waals surface area contributed by atoms with Crippen molar-refractivity contribution < 1.29 is 14.7 Å². The minimum Gasteiger partial charge on any atom is -0.481 e. The minimum atomic E-state index is -0.914. The molecule has 0 bridgehead atoms. The van der Waals surface area contributed by atoms with Crippen LogP contribution in [0.15, 0.2) is 0 Å². The molecule has 0 fully saturated rings. The normalized spacial score (nSPS) is 13.2. The Morgan fingerprint density at radius 3 is 2.28 bits per heavy atom. The summed E-state index contributed by atoms with van der Waals surface area (Å²) in [5, 5.41) is 14.0. The predicted octanol–water partition coefficient (Wildman–Crippen LogP) is 0.594. The quantitative estimate of drug-likeness (QED) is 0.625. The van der Waals surface area contributed by atoms with E-state index in [2.05, 4.69) is 29.4 Å². The smallest absolute Gasteiger partial charge is 0.314 e. The molecular weight excluding hydrogens is 234 g/mol. The molecule has 0 heterocycles. The van der Waals surface area contributed by atoms with Gasteiger partial charge in [-0.05, 0) is 19.5 Å². The second-order valence-electron chi connectivity index (χ2n) is 5.70. The number of nitrogens with zero attached hydrogens (tertiary/aromatic N) is 1. The number of hydrogen-bond donors (Lipinski definition) is 3. The molecule has 0 aromatic heterocycles. The highest BCUT2D eigenvalue weighted by Crippen LogP contribution is 2.13. The van der Waals surface area contributed by atoms with Gasteiger partial charge in [-0.2, -0.15) is 0 Å². The number of carboxylic acids is 1. The van der Waals surface area contributed by atoms with Gasteiger partial charge in [-0.25, -0.2) is 4.79 Å². The maximum absolute atomic E-state index is 11.5. The number of nitrogens with one attached hydrogen (secondary N) is 2. The first-order valence-corrected chi connectivity index (χ1v) is 6.03. The van der Waals surface area contributed by atoms with Crippen LogP contribution in [0.4, 0.5) is 4.79 Å². The fourth-order valence-electron chi connectivity index (χ4n) is 1.63. The molecule has 0 radical (unpaired) electrons. The summed E-state index contributed by atoms with van der Waals surface area (Å²) in [5.41, 5.74) is -0.0285. The molecule has 0 spiro atoms. The third kappa shape index (κ3) is 7.89. The Morgan fingerprint density at radius 1 is 1.28 bits per heavy atom. The highest BCUT2D eigenvalue weighted by atomic mass is 16.4. The van der Waals surface area contributed by atoms with Crippen LogP contribution in [-0.2, 0) is 4.79 Å². The monoisotopic (exact) mass is 259 g/mol. The number of amides is 2.